The SMILES string of the molecule is C[Si]1(C)CN(CCN2CCC(Cc3c[nH]c4ccc(F)cc34)CC2)C(=O)c2ccccc21. The molecular weight excluding hydrogens is 417 g/mol. The lowest BCUT2D eigenvalue weighted by molar-refractivity contribution is 0.0745. The number of benzene rings is 2. The molecule has 1 fully saturated rings. The van der Waals surface area contributed by atoms with Crippen LogP contribution in [0.1, 0.15) is 28.8 Å². The maximum absolute atomic E-state index is 13.7. The Hall–Kier alpha value is -2.44. The van der Waals surface area contributed by atoms with Gasteiger partial charge in [0.05, 0.1) is 0 Å². The summed E-state index contributed by atoms with van der Waals surface area (Å²) >= 11 is 0. The molecule has 0 aliphatic carbocycles. The molecule has 0 saturated carbocycles. The number of carbonyl (C=O) groups is 1. The summed E-state index contributed by atoms with van der Waals surface area (Å²) in [4.78, 5) is 20.9. The van der Waals surface area contributed by atoms with Gasteiger partial charge in [0.15, 0.2) is 0 Å². The highest BCUT2D eigenvalue weighted by molar-refractivity contribution is 6.91. The minimum Gasteiger partial charge on any atom is -0.361 e. The van der Waals surface area contributed by atoms with Gasteiger partial charge in [0.2, 0.25) is 0 Å². The van der Waals surface area contributed by atoms with E-state index in [9.17, 15) is 9.18 Å². The molecule has 1 aromatic heterocycles. The molecule has 3 aromatic rings. The van der Waals surface area contributed by atoms with E-state index in [2.05, 4.69) is 40.0 Å². The van der Waals surface area contributed by atoms with Crippen molar-refractivity contribution in [3.8, 4) is 0 Å². The third kappa shape index (κ3) is 4.14. The molecule has 0 spiro atoms. The number of amides is 1. The summed E-state index contributed by atoms with van der Waals surface area (Å²) in [6, 6.07) is 13.2. The van der Waals surface area contributed by atoms with Crippen LogP contribution in [0, 0.1) is 11.7 Å². The lowest BCUT2D eigenvalue weighted by Crippen LogP contribution is -2.61. The lowest BCUT2D eigenvalue weighted by Gasteiger charge is -2.40. The van der Waals surface area contributed by atoms with Crippen LogP contribution in [-0.4, -0.2) is 61.1 Å². The van der Waals surface area contributed by atoms with Gasteiger partial charge < -0.3 is 14.8 Å². The van der Waals surface area contributed by atoms with E-state index in [1.165, 1.54) is 16.8 Å². The third-order valence-corrected chi connectivity index (χ3v) is 10.5. The molecule has 2 aliphatic rings. The van der Waals surface area contributed by atoms with Crippen molar-refractivity contribution in [2.24, 2.45) is 5.92 Å². The Balaban J connectivity index is 1.16. The number of hydrogen-bond donors (Lipinski definition) is 1. The molecule has 0 atom stereocenters. The van der Waals surface area contributed by atoms with Crippen LogP contribution in [-0.2, 0) is 6.42 Å². The number of fused-ring (bicyclic) bond motifs is 2. The monoisotopic (exact) mass is 449 g/mol. The maximum atomic E-state index is 13.7. The van der Waals surface area contributed by atoms with Crippen molar-refractivity contribution >= 4 is 30.1 Å². The minimum absolute atomic E-state index is 0.172. The first-order valence-corrected chi connectivity index (χ1v) is 15.0. The van der Waals surface area contributed by atoms with Crippen LogP contribution in [0.5, 0.6) is 0 Å². The van der Waals surface area contributed by atoms with Crippen LogP contribution in [0.4, 0.5) is 4.39 Å². The lowest BCUT2D eigenvalue weighted by atomic mass is 9.90. The second-order valence-corrected chi connectivity index (χ2v) is 14.8. The number of H-pyrrole nitrogens is 1. The van der Waals surface area contributed by atoms with E-state index in [-0.39, 0.29) is 11.7 Å². The molecule has 1 amide bonds. The molecule has 4 nitrogen and oxygen atoms in total. The summed E-state index contributed by atoms with van der Waals surface area (Å²) in [5.41, 5.74) is 3.16. The van der Waals surface area contributed by atoms with Crippen LogP contribution in [0.2, 0.25) is 13.1 Å². The Morgan fingerprint density at radius 3 is 2.69 bits per heavy atom. The largest absolute Gasteiger partial charge is 0.361 e. The molecule has 0 unspecified atom stereocenters. The number of nitrogens with one attached hydrogen (secondary N) is 1. The van der Waals surface area contributed by atoms with Crippen molar-refractivity contribution in [1.29, 1.82) is 0 Å². The van der Waals surface area contributed by atoms with E-state index in [0.717, 1.165) is 68.1 Å². The number of piperidine rings is 1. The highest BCUT2D eigenvalue weighted by Crippen LogP contribution is 2.27. The molecule has 1 N–H and O–H groups in total. The maximum Gasteiger partial charge on any atom is 0.253 e. The van der Waals surface area contributed by atoms with Crippen molar-refractivity contribution in [3.05, 3.63) is 65.6 Å². The highest BCUT2D eigenvalue weighted by Gasteiger charge is 2.37. The van der Waals surface area contributed by atoms with Crippen molar-refractivity contribution in [1.82, 2.24) is 14.8 Å². The van der Waals surface area contributed by atoms with Crippen LogP contribution >= 0.6 is 0 Å². The topological polar surface area (TPSA) is 39.3 Å². The van der Waals surface area contributed by atoms with E-state index < -0.39 is 8.07 Å². The van der Waals surface area contributed by atoms with Gasteiger partial charge in [-0.05, 0) is 73.3 Å². The molecule has 168 valence electrons. The summed E-state index contributed by atoms with van der Waals surface area (Å²) in [7, 11) is -1.62. The van der Waals surface area contributed by atoms with Crippen LogP contribution in [0.25, 0.3) is 10.9 Å². The van der Waals surface area contributed by atoms with Crippen LogP contribution < -0.4 is 5.19 Å². The summed E-state index contributed by atoms with van der Waals surface area (Å²) in [5.74, 6) is 0.659. The molecule has 32 heavy (non-hydrogen) atoms. The highest BCUT2D eigenvalue weighted by atomic mass is 28.3. The number of aromatic amines is 1. The van der Waals surface area contributed by atoms with Gasteiger partial charge in [0.25, 0.3) is 5.91 Å². The van der Waals surface area contributed by atoms with Gasteiger partial charge in [-0.1, -0.05) is 31.3 Å². The third-order valence-electron chi connectivity index (χ3n) is 7.39. The standard InChI is InChI=1S/C26H32FN3OSi/c1-32(2)18-30(26(31)22-5-3-4-6-25(22)32)14-13-29-11-9-19(10-12-29)15-20-17-28-24-8-7-21(27)16-23(20)24/h3-8,16-17,19,28H,9-15,18H2,1-2H3. The van der Waals surface area contributed by atoms with Gasteiger partial charge >= 0.3 is 0 Å². The van der Waals surface area contributed by atoms with Crippen LogP contribution in [0.3, 0.4) is 0 Å². The van der Waals surface area contributed by atoms with Gasteiger partial charge in [-0.2, -0.15) is 0 Å². The Labute approximate surface area is 190 Å². The zero-order valence-electron chi connectivity index (χ0n) is 19.0. The smallest absolute Gasteiger partial charge is 0.253 e. The summed E-state index contributed by atoms with van der Waals surface area (Å²) in [6.45, 7) is 8.64. The summed E-state index contributed by atoms with van der Waals surface area (Å²) in [5, 5.41) is 2.32. The van der Waals surface area contributed by atoms with Gasteiger partial charge in [-0.15, -0.1) is 0 Å². The van der Waals surface area contributed by atoms with E-state index in [1.807, 2.05) is 24.4 Å². The first-order chi connectivity index (χ1) is 15.4. The fourth-order valence-corrected chi connectivity index (χ4v) is 8.44. The van der Waals surface area contributed by atoms with Crippen LogP contribution in [0.15, 0.2) is 48.7 Å². The Bertz CT molecular complexity index is 1130. The first kappa shape index (κ1) is 21.4. The normalized spacial score (nSPS) is 19.5. The average Bonchev–Trinajstić information content (AvgIpc) is 3.18. The molecular formula is C26H32FN3OSi. The van der Waals surface area contributed by atoms with E-state index in [0.29, 0.717) is 5.92 Å². The Morgan fingerprint density at radius 1 is 1.09 bits per heavy atom. The number of carbonyl (C=O) groups excluding carboxylic acids is 1. The zero-order valence-corrected chi connectivity index (χ0v) is 20.0. The van der Waals surface area contributed by atoms with Crippen molar-refractivity contribution in [2.45, 2.75) is 32.4 Å². The number of nitrogens with zero attached hydrogens (tertiary/aromatic N) is 2. The summed E-state index contributed by atoms with van der Waals surface area (Å²) in [6.07, 6.45) is 6.26. The number of rotatable bonds is 5. The second-order valence-electron chi connectivity index (χ2n) is 10.1. The van der Waals surface area contributed by atoms with Crippen molar-refractivity contribution in [3.63, 3.8) is 0 Å². The van der Waals surface area contributed by atoms with Gasteiger partial charge in [-0.25, -0.2) is 4.39 Å². The quantitative estimate of drug-likeness (QED) is 0.594. The molecule has 0 radical (unpaired) electrons. The minimum atomic E-state index is -1.62. The predicted octanol–water partition coefficient (Wildman–Crippen LogP) is 4.17. The first-order valence-electron chi connectivity index (χ1n) is 11.8. The molecule has 6 heteroatoms. The van der Waals surface area contributed by atoms with E-state index >= 15 is 0 Å². The molecule has 2 aromatic carbocycles. The molecule has 0 bridgehead atoms. The van der Waals surface area contributed by atoms with Gasteiger partial charge in [-0.3, -0.25) is 4.79 Å². The molecule has 3 heterocycles. The molecule has 5 rings (SSSR count). The predicted molar refractivity (Wildman–Crippen MR) is 131 cm³/mol. The summed E-state index contributed by atoms with van der Waals surface area (Å²) < 4.78 is 13.7. The fourth-order valence-electron chi connectivity index (χ4n) is 5.55. The zero-order chi connectivity index (χ0) is 22.3. The van der Waals surface area contributed by atoms with E-state index in [1.54, 1.807) is 6.07 Å². The Kier molecular flexibility index (Phi) is 5.68. The van der Waals surface area contributed by atoms with Crippen molar-refractivity contribution < 1.29 is 9.18 Å². The van der Waals surface area contributed by atoms with Gasteiger partial charge in [0, 0.05) is 41.9 Å². The second kappa shape index (κ2) is 8.48. The number of hydrogen-bond acceptors (Lipinski definition) is 2. The van der Waals surface area contributed by atoms with Crippen molar-refractivity contribution in [2.75, 3.05) is 32.3 Å². The number of aromatic nitrogens is 1. The Morgan fingerprint density at radius 2 is 1.88 bits per heavy atom. The fraction of sp³-hybridized carbons (Fsp3) is 0.423. The van der Waals surface area contributed by atoms with E-state index in [4.69, 9.17) is 0 Å². The van der Waals surface area contributed by atoms with Gasteiger partial charge in [0.1, 0.15) is 13.9 Å². The average molecular weight is 450 g/mol. The molecule has 1 saturated heterocycles. The number of likely N-dealkylation sites (tertiary alicyclic amines) is 1. The molecule has 2 aliphatic heterocycles. The number of halogens is 1.